The van der Waals surface area contributed by atoms with Gasteiger partial charge in [-0.1, -0.05) is 0 Å². The number of hydrogen-bond acceptors (Lipinski definition) is 4. The fraction of sp³-hybridized carbons (Fsp3) is 0.182. The van der Waals surface area contributed by atoms with Gasteiger partial charge in [0, 0.05) is 28.0 Å². The van der Waals surface area contributed by atoms with Crippen molar-refractivity contribution in [2.24, 2.45) is 0 Å². The van der Waals surface area contributed by atoms with Gasteiger partial charge in [0.15, 0.2) is 0 Å². The zero-order valence-electron chi connectivity index (χ0n) is 10.1. The molecule has 0 radical (unpaired) electrons. The molecule has 2 aromatic rings. The van der Waals surface area contributed by atoms with Gasteiger partial charge in [-0.3, -0.25) is 5.10 Å². The summed E-state index contributed by atoms with van der Waals surface area (Å²) >= 11 is 3.23. The Balaban J connectivity index is 2.25. The summed E-state index contributed by atoms with van der Waals surface area (Å²) in [7, 11) is -3.62. The molecule has 19 heavy (non-hydrogen) atoms. The van der Waals surface area contributed by atoms with Gasteiger partial charge in [-0.25, -0.2) is 13.1 Å². The third-order valence-corrected chi connectivity index (χ3v) is 4.89. The molecular formula is C11H13BrN4O2S. The normalized spacial score (nSPS) is 13.4. The smallest absolute Gasteiger partial charge is 0.241 e. The van der Waals surface area contributed by atoms with Gasteiger partial charge in [-0.2, -0.15) is 5.10 Å². The molecule has 6 nitrogen and oxygen atoms in total. The second kappa shape index (κ2) is 5.32. The summed E-state index contributed by atoms with van der Waals surface area (Å²) in [4.78, 5) is 0.128. The first kappa shape index (κ1) is 14.0. The highest BCUT2D eigenvalue weighted by molar-refractivity contribution is 9.10. The van der Waals surface area contributed by atoms with E-state index >= 15 is 0 Å². The van der Waals surface area contributed by atoms with Crippen molar-refractivity contribution in [1.82, 2.24) is 14.9 Å². The summed E-state index contributed by atoms with van der Waals surface area (Å²) in [6, 6.07) is 4.12. The Morgan fingerprint density at radius 2 is 2.21 bits per heavy atom. The number of nitrogens with one attached hydrogen (secondary N) is 2. The van der Waals surface area contributed by atoms with Gasteiger partial charge in [0.05, 0.1) is 11.1 Å². The fourth-order valence-electron chi connectivity index (χ4n) is 1.56. The molecule has 0 aliphatic heterocycles. The molecule has 102 valence electrons. The summed E-state index contributed by atoms with van der Waals surface area (Å²) in [5.41, 5.74) is 6.82. The van der Waals surface area contributed by atoms with E-state index in [1.807, 2.05) is 0 Å². The summed E-state index contributed by atoms with van der Waals surface area (Å²) in [6.45, 7) is 1.74. The number of nitrogens with zero attached hydrogens (tertiary/aromatic N) is 1. The molecular weight excluding hydrogens is 332 g/mol. The van der Waals surface area contributed by atoms with Gasteiger partial charge in [0.25, 0.3) is 0 Å². The Labute approximate surface area is 119 Å². The molecule has 2 rings (SSSR count). The molecule has 0 saturated carbocycles. The Kier molecular flexibility index (Phi) is 3.93. The van der Waals surface area contributed by atoms with Crippen molar-refractivity contribution in [2.75, 3.05) is 5.73 Å². The average molecular weight is 345 g/mol. The second-order valence-corrected chi connectivity index (χ2v) is 6.63. The van der Waals surface area contributed by atoms with E-state index in [9.17, 15) is 8.42 Å². The maximum absolute atomic E-state index is 12.2. The van der Waals surface area contributed by atoms with Gasteiger partial charge in [0.2, 0.25) is 10.0 Å². The first-order valence-corrected chi connectivity index (χ1v) is 7.74. The van der Waals surface area contributed by atoms with E-state index in [0.717, 1.165) is 5.56 Å². The summed E-state index contributed by atoms with van der Waals surface area (Å²) < 4.78 is 27.6. The number of nitrogens with two attached hydrogens (primary N) is 1. The van der Waals surface area contributed by atoms with Gasteiger partial charge in [0.1, 0.15) is 0 Å². The van der Waals surface area contributed by atoms with Crippen LogP contribution in [0.15, 0.2) is 40.0 Å². The first-order chi connectivity index (χ1) is 8.90. The lowest BCUT2D eigenvalue weighted by molar-refractivity contribution is 0.567. The number of nitrogen functional groups attached to an aromatic ring is 1. The van der Waals surface area contributed by atoms with E-state index < -0.39 is 10.0 Å². The van der Waals surface area contributed by atoms with Gasteiger partial charge in [-0.05, 0) is 41.1 Å². The minimum absolute atomic E-state index is 0.128. The highest BCUT2D eigenvalue weighted by Crippen LogP contribution is 2.23. The monoisotopic (exact) mass is 344 g/mol. The minimum atomic E-state index is -3.62. The van der Waals surface area contributed by atoms with E-state index in [0.29, 0.717) is 10.2 Å². The minimum Gasteiger partial charge on any atom is -0.398 e. The number of rotatable bonds is 4. The van der Waals surface area contributed by atoms with Crippen LogP contribution in [0.3, 0.4) is 0 Å². The largest absolute Gasteiger partial charge is 0.398 e. The quantitative estimate of drug-likeness (QED) is 0.736. The Bertz CT molecular complexity index is 670. The predicted molar refractivity (Wildman–Crippen MR) is 75.9 cm³/mol. The van der Waals surface area contributed by atoms with Crippen LogP contribution in [0, 0.1) is 0 Å². The van der Waals surface area contributed by atoms with Crippen LogP contribution in [0.25, 0.3) is 0 Å². The Morgan fingerprint density at radius 3 is 2.79 bits per heavy atom. The number of H-pyrrole nitrogens is 1. The number of aromatic amines is 1. The van der Waals surface area contributed by atoms with Crippen molar-refractivity contribution in [2.45, 2.75) is 17.9 Å². The standard InChI is InChI=1S/C11H13BrN4O2S/c1-7(8-5-14-15-6-8)16-19(17,18)9-2-3-10(12)11(13)4-9/h2-7,16H,13H2,1H3,(H,14,15). The molecule has 0 aliphatic carbocycles. The predicted octanol–water partition coefficient (Wildman–Crippen LogP) is 1.79. The number of benzene rings is 1. The molecule has 8 heteroatoms. The lowest BCUT2D eigenvalue weighted by Crippen LogP contribution is -2.26. The summed E-state index contributed by atoms with van der Waals surface area (Å²) in [5, 5.41) is 6.43. The topological polar surface area (TPSA) is 101 Å². The number of sulfonamides is 1. The zero-order valence-corrected chi connectivity index (χ0v) is 12.5. The van der Waals surface area contributed by atoms with Crippen molar-refractivity contribution >= 4 is 31.6 Å². The van der Waals surface area contributed by atoms with Crippen LogP contribution in [0.5, 0.6) is 0 Å². The molecule has 4 N–H and O–H groups in total. The first-order valence-electron chi connectivity index (χ1n) is 5.46. The molecule has 0 spiro atoms. The van der Waals surface area contributed by atoms with Crippen molar-refractivity contribution in [3.63, 3.8) is 0 Å². The third kappa shape index (κ3) is 3.14. The molecule has 1 unspecified atom stereocenters. The molecule has 1 heterocycles. The van der Waals surface area contributed by atoms with Crippen LogP contribution in [-0.2, 0) is 10.0 Å². The zero-order chi connectivity index (χ0) is 14.0. The van der Waals surface area contributed by atoms with E-state index in [1.165, 1.54) is 12.1 Å². The molecule has 0 bridgehead atoms. The summed E-state index contributed by atoms with van der Waals surface area (Å²) in [6.07, 6.45) is 3.21. The van der Waals surface area contributed by atoms with Crippen LogP contribution < -0.4 is 10.5 Å². The maximum Gasteiger partial charge on any atom is 0.241 e. The third-order valence-electron chi connectivity index (χ3n) is 2.63. The van der Waals surface area contributed by atoms with Crippen LogP contribution in [0.4, 0.5) is 5.69 Å². The second-order valence-electron chi connectivity index (χ2n) is 4.06. The van der Waals surface area contributed by atoms with Crippen LogP contribution in [0.2, 0.25) is 0 Å². The number of anilines is 1. The number of aromatic nitrogens is 2. The highest BCUT2D eigenvalue weighted by atomic mass is 79.9. The van der Waals surface area contributed by atoms with E-state index in [2.05, 4.69) is 30.8 Å². The fourth-order valence-corrected chi connectivity index (χ4v) is 3.07. The molecule has 0 fully saturated rings. The van der Waals surface area contributed by atoms with Crippen molar-refractivity contribution < 1.29 is 8.42 Å². The van der Waals surface area contributed by atoms with E-state index in [-0.39, 0.29) is 10.9 Å². The SMILES string of the molecule is CC(NS(=O)(=O)c1ccc(Br)c(N)c1)c1cn[nH]c1. The van der Waals surface area contributed by atoms with Crippen molar-refractivity contribution in [3.05, 3.63) is 40.6 Å². The van der Waals surface area contributed by atoms with E-state index in [1.54, 1.807) is 25.4 Å². The lowest BCUT2D eigenvalue weighted by atomic mass is 10.2. The van der Waals surface area contributed by atoms with Crippen molar-refractivity contribution in [3.8, 4) is 0 Å². The number of halogens is 1. The summed E-state index contributed by atoms with van der Waals surface area (Å²) in [5.74, 6) is 0. The number of hydrogen-bond donors (Lipinski definition) is 3. The molecule has 0 saturated heterocycles. The average Bonchev–Trinajstić information content (AvgIpc) is 2.85. The molecule has 1 atom stereocenters. The highest BCUT2D eigenvalue weighted by Gasteiger charge is 2.19. The van der Waals surface area contributed by atoms with Crippen LogP contribution >= 0.6 is 15.9 Å². The van der Waals surface area contributed by atoms with Gasteiger partial charge >= 0.3 is 0 Å². The van der Waals surface area contributed by atoms with E-state index in [4.69, 9.17) is 5.73 Å². The molecule has 0 aliphatic rings. The van der Waals surface area contributed by atoms with Crippen molar-refractivity contribution in [1.29, 1.82) is 0 Å². The van der Waals surface area contributed by atoms with Crippen LogP contribution in [-0.4, -0.2) is 18.6 Å². The molecule has 1 aromatic heterocycles. The molecule has 1 aromatic carbocycles. The van der Waals surface area contributed by atoms with Gasteiger partial charge < -0.3 is 5.73 Å². The molecule has 0 amide bonds. The Morgan fingerprint density at radius 1 is 1.47 bits per heavy atom. The van der Waals surface area contributed by atoms with Gasteiger partial charge in [-0.15, -0.1) is 0 Å². The lowest BCUT2D eigenvalue weighted by Gasteiger charge is -2.13. The maximum atomic E-state index is 12.2. The van der Waals surface area contributed by atoms with Crippen LogP contribution in [0.1, 0.15) is 18.5 Å². The Hall–Kier alpha value is -1.38.